The molecule has 5 aromatic rings. The van der Waals surface area contributed by atoms with Crippen molar-refractivity contribution < 1.29 is 18.3 Å². The molecule has 0 radical (unpaired) electrons. The molecule has 0 aliphatic rings. The summed E-state index contributed by atoms with van der Waals surface area (Å²) in [7, 11) is 0. The highest BCUT2D eigenvalue weighted by atomic mass is 19.1. The molecule has 1 amide bonds. The fourth-order valence-corrected chi connectivity index (χ4v) is 3.90. The Hall–Kier alpha value is -4.44. The topological polar surface area (TPSA) is 108 Å². The zero-order valence-electron chi connectivity index (χ0n) is 21.7. The van der Waals surface area contributed by atoms with Crippen LogP contribution in [0, 0.1) is 19.7 Å². The van der Waals surface area contributed by atoms with Crippen molar-refractivity contribution in [2.24, 2.45) is 0 Å². The summed E-state index contributed by atoms with van der Waals surface area (Å²) in [5, 5.41) is 7.27. The molecule has 38 heavy (non-hydrogen) atoms. The zero-order valence-corrected chi connectivity index (χ0v) is 21.7. The summed E-state index contributed by atoms with van der Waals surface area (Å²) < 4.78 is 27.5. The third kappa shape index (κ3) is 5.30. The first kappa shape index (κ1) is 25.2. The number of oxazole rings is 1. The Bertz CT molecular complexity index is 1650. The van der Waals surface area contributed by atoms with Crippen LogP contribution in [-0.2, 0) is 11.3 Å². The summed E-state index contributed by atoms with van der Waals surface area (Å²) >= 11 is 0. The van der Waals surface area contributed by atoms with Gasteiger partial charge < -0.3 is 14.5 Å². The van der Waals surface area contributed by atoms with Crippen molar-refractivity contribution in [2.45, 2.75) is 46.8 Å². The molecule has 4 heterocycles. The molecule has 0 aliphatic carbocycles. The summed E-state index contributed by atoms with van der Waals surface area (Å²) in [6.07, 6.45) is 5.08. The van der Waals surface area contributed by atoms with E-state index in [0.717, 1.165) is 16.8 Å². The summed E-state index contributed by atoms with van der Waals surface area (Å²) in [6, 6.07) is 9.95. The van der Waals surface area contributed by atoms with Gasteiger partial charge in [-0.3, -0.25) is 14.8 Å². The summed E-state index contributed by atoms with van der Waals surface area (Å²) in [6.45, 7) is 9.55. The number of rotatable bonds is 6. The molecule has 194 valence electrons. The number of carbonyl (C=O) groups is 1. The number of nitrogens with zero attached hydrogens (tertiary/aromatic N) is 5. The fourth-order valence-electron chi connectivity index (χ4n) is 3.90. The van der Waals surface area contributed by atoms with Crippen molar-refractivity contribution in [1.29, 1.82) is 0 Å². The molecule has 0 aliphatic heterocycles. The SMILES string of the molecule is Cc1cccnc1-c1cnc2cn(-c3cc(NC(=O)c4oc(COC(C)(C)C)nc4C)ccc3F)nc2c1. The van der Waals surface area contributed by atoms with Crippen LogP contribution in [0.1, 0.15) is 48.5 Å². The van der Waals surface area contributed by atoms with Crippen LogP contribution in [-0.4, -0.2) is 36.2 Å². The highest BCUT2D eigenvalue weighted by molar-refractivity contribution is 6.03. The van der Waals surface area contributed by atoms with E-state index in [2.05, 4.69) is 25.4 Å². The van der Waals surface area contributed by atoms with Gasteiger partial charge in [0.05, 0.1) is 23.2 Å². The van der Waals surface area contributed by atoms with E-state index in [-0.39, 0.29) is 23.7 Å². The van der Waals surface area contributed by atoms with Crippen LogP contribution in [0.3, 0.4) is 0 Å². The minimum absolute atomic E-state index is 0.0646. The number of aryl methyl sites for hydroxylation is 2. The van der Waals surface area contributed by atoms with Gasteiger partial charge in [0.2, 0.25) is 11.7 Å². The third-order valence-electron chi connectivity index (χ3n) is 5.77. The van der Waals surface area contributed by atoms with Crippen LogP contribution in [0.2, 0.25) is 0 Å². The number of pyridine rings is 2. The van der Waals surface area contributed by atoms with E-state index in [9.17, 15) is 9.18 Å². The van der Waals surface area contributed by atoms with Gasteiger partial charge in [-0.15, -0.1) is 0 Å². The average molecular weight is 515 g/mol. The maximum atomic E-state index is 14.8. The molecule has 0 unspecified atom stereocenters. The Balaban J connectivity index is 1.39. The lowest BCUT2D eigenvalue weighted by Crippen LogP contribution is -2.18. The van der Waals surface area contributed by atoms with E-state index in [1.165, 1.54) is 22.9 Å². The normalized spacial score (nSPS) is 11.7. The highest BCUT2D eigenvalue weighted by Gasteiger charge is 2.20. The van der Waals surface area contributed by atoms with Crippen molar-refractivity contribution in [3.63, 3.8) is 0 Å². The molecule has 0 bridgehead atoms. The van der Waals surface area contributed by atoms with E-state index < -0.39 is 11.7 Å². The zero-order chi connectivity index (χ0) is 27.0. The van der Waals surface area contributed by atoms with Crippen molar-refractivity contribution in [2.75, 3.05) is 5.32 Å². The maximum Gasteiger partial charge on any atom is 0.293 e. The second-order valence-corrected chi connectivity index (χ2v) is 9.91. The van der Waals surface area contributed by atoms with Crippen LogP contribution >= 0.6 is 0 Å². The van der Waals surface area contributed by atoms with Crippen LogP contribution in [0.4, 0.5) is 10.1 Å². The van der Waals surface area contributed by atoms with Crippen molar-refractivity contribution >= 4 is 22.6 Å². The third-order valence-corrected chi connectivity index (χ3v) is 5.77. The van der Waals surface area contributed by atoms with Gasteiger partial charge in [-0.2, -0.15) is 5.10 Å². The first-order valence-electron chi connectivity index (χ1n) is 12.1. The summed E-state index contributed by atoms with van der Waals surface area (Å²) in [5.74, 6) is -0.639. The number of nitrogens with one attached hydrogen (secondary N) is 1. The number of fused-ring (bicyclic) bond motifs is 1. The van der Waals surface area contributed by atoms with Gasteiger partial charge >= 0.3 is 0 Å². The Morgan fingerprint density at radius 1 is 1.13 bits per heavy atom. The van der Waals surface area contributed by atoms with Gasteiger partial charge in [0.25, 0.3) is 5.91 Å². The van der Waals surface area contributed by atoms with Gasteiger partial charge in [0.1, 0.15) is 29.1 Å². The van der Waals surface area contributed by atoms with Crippen LogP contribution in [0.5, 0.6) is 0 Å². The van der Waals surface area contributed by atoms with Crippen LogP contribution in [0.25, 0.3) is 28.0 Å². The van der Waals surface area contributed by atoms with E-state index in [4.69, 9.17) is 9.15 Å². The highest BCUT2D eigenvalue weighted by Crippen LogP contribution is 2.26. The smallest absolute Gasteiger partial charge is 0.293 e. The monoisotopic (exact) mass is 514 g/mol. The fraction of sp³-hybridized carbons (Fsp3) is 0.250. The van der Waals surface area contributed by atoms with Crippen molar-refractivity contribution in [3.05, 3.63) is 83.7 Å². The lowest BCUT2D eigenvalue weighted by molar-refractivity contribution is -0.0245. The van der Waals surface area contributed by atoms with Crippen molar-refractivity contribution in [1.82, 2.24) is 24.7 Å². The molecular weight excluding hydrogens is 487 g/mol. The number of aromatic nitrogens is 5. The molecule has 1 N–H and O–H groups in total. The van der Waals surface area contributed by atoms with E-state index in [1.54, 1.807) is 25.5 Å². The molecule has 0 spiro atoms. The Morgan fingerprint density at radius 3 is 2.71 bits per heavy atom. The predicted octanol–water partition coefficient (Wildman–Crippen LogP) is 5.79. The van der Waals surface area contributed by atoms with Gasteiger partial charge in [-0.1, -0.05) is 6.07 Å². The number of halogens is 1. The van der Waals surface area contributed by atoms with Gasteiger partial charge in [0, 0.05) is 23.6 Å². The number of amides is 1. The number of ether oxygens (including phenoxy) is 1. The molecule has 1 aromatic carbocycles. The maximum absolute atomic E-state index is 14.8. The Morgan fingerprint density at radius 2 is 1.95 bits per heavy atom. The average Bonchev–Trinajstić information content (AvgIpc) is 3.46. The number of hydrogen-bond acceptors (Lipinski definition) is 7. The number of carbonyl (C=O) groups excluding carboxylic acids is 1. The van der Waals surface area contributed by atoms with E-state index >= 15 is 0 Å². The second-order valence-electron chi connectivity index (χ2n) is 9.91. The minimum atomic E-state index is -0.505. The quantitative estimate of drug-likeness (QED) is 0.305. The summed E-state index contributed by atoms with van der Waals surface area (Å²) in [5.41, 5.74) is 4.40. The van der Waals surface area contributed by atoms with Gasteiger partial charge in [-0.25, -0.2) is 14.1 Å². The van der Waals surface area contributed by atoms with Gasteiger partial charge in [-0.05, 0) is 70.5 Å². The standard InChI is InChI=1S/C28H27FN6O3/c1-16-7-6-10-30-25(16)18-11-21-22(31-13-18)14-35(34-21)23-12-19(8-9-20(23)29)33-27(36)26-17(2)32-24(38-26)15-37-28(3,4)5/h6-14H,15H2,1-5H3,(H,33,36). The number of anilines is 1. The summed E-state index contributed by atoms with van der Waals surface area (Å²) in [4.78, 5) is 26.1. The molecule has 0 fully saturated rings. The molecule has 0 saturated heterocycles. The molecule has 4 aromatic heterocycles. The Labute approximate surface area is 218 Å². The molecule has 5 rings (SSSR count). The lowest BCUT2D eigenvalue weighted by atomic mass is 10.1. The molecule has 0 atom stereocenters. The first-order chi connectivity index (χ1) is 18.1. The molecule has 0 saturated carbocycles. The first-order valence-corrected chi connectivity index (χ1v) is 12.1. The molecular formula is C28H27FN6O3. The van der Waals surface area contributed by atoms with Gasteiger partial charge in [0.15, 0.2) is 0 Å². The number of benzene rings is 1. The second kappa shape index (κ2) is 9.79. The predicted molar refractivity (Wildman–Crippen MR) is 141 cm³/mol. The molecule has 10 heteroatoms. The van der Waals surface area contributed by atoms with Crippen LogP contribution in [0.15, 0.2) is 59.4 Å². The largest absolute Gasteiger partial charge is 0.433 e. The van der Waals surface area contributed by atoms with Crippen molar-refractivity contribution in [3.8, 4) is 16.9 Å². The minimum Gasteiger partial charge on any atom is -0.433 e. The number of hydrogen-bond donors (Lipinski definition) is 1. The Kier molecular flexibility index (Phi) is 6.50. The lowest BCUT2D eigenvalue weighted by Gasteiger charge is -2.17. The molecule has 9 nitrogen and oxygen atoms in total. The van der Waals surface area contributed by atoms with E-state index in [0.29, 0.717) is 28.3 Å². The van der Waals surface area contributed by atoms with Crippen LogP contribution < -0.4 is 5.32 Å². The van der Waals surface area contributed by atoms with E-state index in [1.807, 2.05) is 45.9 Å².